The summed E-state index contributed by atoms with van der Waals surface area (Å²) in [5, 5.41) is 1.91. The summed E-state index contributed by atoms with van der Waals surface area (Å²) in [5.41, 5.74) is 0.907. The SMILES string of the molecule is C=C(C)CC(=O)c1cc(Br)cs1. The van der Waals surface area contributed by atoms with Crippen LogP contribution in [0.15, 0.2) is 28.1 Å². The second-order valence-corrected chi connectivity index (χ2v) is 4.51. The first-order valence-electron chi connectivity index (χ1n) is 3.51. The van der Waals surface area contributed by atoms with Gasteiger partial charge < -0.3 is 0 Å². The van der Waals surface area contributed by atoms with E-state index in [2.05, 4.69) is 22.5 Å². The van der Waals surface area contributed by atoms with Crippen LogP contribution in [0.25, 0.3) is 0 Å². The predicted molar refractivity (Wildman–Crippen MR) is 55.8 cm³/mol. The van der Waals surface area contributed by atoms with Crippen molar-refractivity contribution in [3.63, 3.8) is 0 Å². The van der Waals surface area contributed by atoms with Crippen molar-refractivity contribution < 1.29 is 4.79 Å². The molecule has 0 spiro atoms. The van der Waals surface area contributed by atoms with E-state index in [1.807, 2.05) is 18.4 Å². The minimum absolute atomic E-state index is 0.151. The predicted octanol–water partition coefficient (Wildman–Crippen LogP) is 3.66. The van der Waals surface area contributed by atoms with E-state index in [9.17, 15) is 4.79 Å². The summed E-state index contributed by atoms with van der Waals surface area (Å²) < 4.78 is 0.970. The Morgan fingerprint density at radius 3 is 2.83 bits per heavy atom. The van der Waals surface area contributed by atoms with Gasteiger partial charge in [0.1, 0.15) is 0 Å². The molecular formula is C9H9BrOS. The second-order valence-electron chi connectivity index (χ2n) is 2.69. The van der Waals surface area contributed by atoms with E-state index < -0.39 is 0 Å². The summed E-state index contributed by atoms with van der Waals surface area (Å²) in [5.74, 6) is 0.151. The zero-order valence-corrected chi connectivity index (χ0v) is 9.17. The van der Waals surface area contributed by atoms with Crippen molar-refractivity contribution in [1.82, 2.24) is 0 Å². The molecule has 0 aliphatic heterocycles. The molecule has 64 valence electrons. The van der Waals surface area contributed by atoms with Crippen LogP contribution in [0.4, 0.5) is 0 Å². The molecule has 0 aliphatic carbocycles. The van der Waals surface area contributed by atoms with Crippen LogP contribution in [0.1, 0.15) is 23.0 Å². The molecule has 1 heterocycles. The standard InChI is InChI=1S/C9H9BrOS/c1-6(2)3-8(11)9-4-7(10)5-12-9/h4-5H,1,3H2,2H3. The highest BCUT2D eigenvalue weighted by Gasteiger charge is 2.07. The Labute approximate surface area is 84.2 Å². The van der Waals surface area contributed by atoms with E-state index in [0.29, 0.717) is 6.42 Å². The van der Waals surface area contributed by atoms with Gasteiger partial charge in [0.15, 0.2) is 5.78 Å². The first kappa shape index (κ1) is 9.68. The summed E-state index contributed by atoms with van der Waals surface area (Å²) in [4.78, 5) is 12.2. The summed E-state index contributed by atoms with van der Waals surface area (Å²) >= 11 is 4.76. The Kier molecular flexibility index (Phi) is 3.23. The van der Waals surface area contributed by atoms with Gasteiger partial charge in [-0.05, 0) is 28.9 Å². The molecule has 0 unspecified atom stereocenters. The van der Waals surface area contributed by atoms with Crippen LogP contribution in [-0.2, 0) is 0 Å². The van der Waals surface area contributed by atoms with Crippen LogP contribution >= 0.6 is 27.3 Å². The molecule has 1 nitrogen and oxygen atoms in total. The van der Waals surface area contributed by atoms with E-state index in [0.717, 1.165) is 14.9 Å². The molecule has 3 heteroatoms. The summed E-state index contributed by atoms with van der Waals surface area (Å²) in [7, 11) is 0. The molecule has 1 aromatic rings. The Morgan fingerprint density at radius 1 is 1.75 bits per heavy atom. The maximum Gasteiger partial charge on any atom is 0.176 e. The molecule has 0 saturated carbocycles. The largest absolute Gasteiger partial charge is 0.293 e. The Balaban J connectivity index is 2.72. The lowest BCUT2D eigenvalue weighted by Crippen LogP contribution is -1.95. The third kappa shape index (κ3) is 2.57. The van der Waals surface area contributed by atoms with E-state index in [-0.39, 0.29) is 5.78 Å². The molecule has 1 aromatic heterocycles. The molecule has 0 aromatic carbocycles. The van der Waals surface area contributed by atoms with Crippen LogP contribution in [0.5, 0.6) is 0 Å². The lowest BCUT2D eigenvalue weighted by atomic mass is 10.1. The highest BCUT2D eigenvalue weighted by atomic mass is 79.9. The smallest absolute Gasteiger partial charge is 0.176 e. The topological polar surface area (TPSA) is 17.1 Å². The van der Waals surface area contributed by atoms with Gasteiger partial charge in [0.05, 0.1) is 4.88 Å². The molecule has 0 amide bonds. The molecule has 12 heavy (non-hydrogen) atoms. The number of carbonyl (C=O) groups is 1. The summed E-state index contributed by atoms with van der Waals surface area (Å²) in [6.07, 6.45) is 0.451. The monoisotopic (exact) mass is 244 g/mol. The number of allylic oxidation sites excluding steroid dienone is 1. The number of thiophene rings is 1. The second kappa shape index (κ2) is 4.01. The van der Waals surface area contributed by atoms with Gasteiger partial charge in [-0.3, -0.25) is 4.79 Å². The average molecular weight is 245 g/mol. The lowest BCUT2D eigenvalue weighted by molar-refractivity contribution is 0.0997. The number of hydrogen-bond donors (Lipinski definition) is 0. The van der Waals surface area contributed by atoms with E-state index in [1.165, 1.54) is 11.3 Å². The molecule has 0 fully saturated rings. The fourth-order valence-corrected chi connectivity index (χ4v) is 2.19. The first-order valence-corrected chi connectivity index (χ1v) is 5.18. The van der Waals surface area contributed by atoms with Gasteiger partial charge in [0, 0.05) is 16.3 Å². The zero-order valence-electron chi connectivity index (χ0n) is 6.76. The highest BCUT2D eigenvalue weighted by molar-refractivity contribution is 9.10. The minimum atomic E-state index is 0.151. The molecule has 0 bridgehead atoms. The number of ketones is 1. The fourth-order valence-electron chi connectivity index (χ4n) is 0.820. The van der Waals surface area contributed by atoms with Gasteiger partial charge in [-0.2, -0.15) is 0 Å². The summed E-state index contributed by atoms with van der Waals surface area (Å²) in [6.45, 7) is 5.56. The van der Waals surface area contributed by atoms with Gasteiger partial charge >= 0.3 is 0 Å². The fraction of sp³-hybridized carbons (Fsp3) is 0.222. The number of Topliss-reactive ketones (excluding diaryl/α,β-unsaturated/α-hetero) is 1. The minimum Gasteiger partial charge on any atom is -0.293 e. The number of halogens is 1. The van der Waals surface area contributed by atoms with Crippen molar-refractivity contribution in [3.8, 4) is 0 Å². The van der Waals surface area contributed by atoms with E-state index in [4.69, 9.17) is 0 Å². The Hall–Kier alpha value is -0.410. The third-order valence-electron chi connectivity index (χ3n) is 1.30. The Bertz CT molecular complexity index is 314. The van der Waals surface area contributed by atoms with Crippen molar-refractivity contribution in [2.75, 3.05) is 0 Å². The normalized spacial score (nSPS) is 9.83. The van der Waals surface area contributed by atoms with Gasteiger partial charge in [-0.1, -0.05) is 12.2 Å². The quantitative estimate of drug-likeness (QED) is 0.586. The van der Waals surface area contributed by atoms with Gasteiger partial charge in [-0.25, -0.2) is 0 Å². The number of rotatable bonds is 3. The van der Waals surface area contributed by atoms with Crippen LogP contribution < -0.4 is 0 Å². The molecule has 0 saturated heterocycles. The maximum atomic E-state index is 11.4. The van der Waals surface area contributed by atoms with Gasteiger partial charge in [0.2, 0.25) is 0 Å². The molecule has 0 radical (unpaired) electrons. The zero-order chi connectivity index (χ0) is 9.14. The average Bonchev–Trinajstić information content (AvgIpc) is 2.34. The van der Waals surface area contributed by atoms with Gasteiger partial charge in [0.25, 0.3) is 0 Å². The highest BCUT2D eigenvalue weighted by Crippen LogP contribution is 2.21. The van der Waals surface area contributed by atoms with Crippen molar-refractivity contribution in [1.29, 1.82) is 0 Å². The molecule has 1 rings (SSSR count). The van der Waals surface area contributed by atoms with Crippen molar-refractivity contribution in [3.05, 3.63) is 32.9 Å². The van der Waals surface area contributed by atoms with Crippen molar-refractivity contribution >= 4 is 33.0 Å². The molecule has 0 aliphatic rings. The van der Waals surface area contributed by atoms with Gasteiger partial charge in [-0.15, -0.1) is 11.3 Å². The van der Waals surface area contributed by atoms with Crippen LogP contribution in [0.2, 0.25) is 0 Å². The molecular weight excluding hydrogens is 236 g/mol. The summed E-state index contributed by atoms with van der Waals surface area (Å²) in [6, 6.07) is 1.84. The first-order chi connectivity index (χ1) is 5.59. The van der Waals surface area contributed by atoms with Crippen LogP contribution in [0.3, 0.4) is 0 Å². The maximum absolute atomic E-state index is 11.4. The lowest BCUT2D eigenvalue weighted by Gasteiger charge is -1.94. The third-order valence-corrected chi connectivity index (χ3v) is 3.04. The van der Waals surface area contributed by atoms with Crippen LogP contribution in [-0.4, -0.2) is 5.78 Å². The van der Waals surface area contributed by atoms with Crippen LogP contribution in [0, 0.1) is 0 Å². The molecule has 0 atom stereocenters. The van der Waals surface area contributed by atoms with E-state index >= 15 is 0 Å². The van der Waals surface area contributed by atoms with E-state index in [1.54, 1.807) is 0 Å². The van der Waals surface area contributed by atoms with Crippen molar-refractivity contribution in [2.45, 2.75) is 13.3 Å². The Morgan fingerprint density at radius 2 is 2.42 bits per heavy atom. The molecule has 0 N–H and O–H groups in total. The number of hydrogen-bond acceptors (Lipinski definition) is 2. The number of carbonyl (C=O) groups excluding carboxylic acids is 1. The van der Waals surface area contributed by atoms with Crippen molar-refractivity contribution in [2.24, 2.45) is 0 Å².